The summed E-state index contributed by atoms with van der Waals surface area (Å²) in [7, 11) is 0. The van der Waals surface area contributed by atoms with Crippen molar-refractivity contribution >= 4 is 35.5 Å². The number of amides is 3. The van der Waals surface area contributed by atoms with Gasteiger partial charge in [0, 0.05) is 18.3 Å². The van der Waals surface area contributed by atoms with Gasteiger partial charge in [0.2, 0.25) is 17.7 Å². The molecule has 1 aromatic rings. The molecule has 2 rings (SSSR count). The molecule has 0 bridgehead atoms. The second-order valence-corrected chi connectivity index (χ2v) is 8.39. The summed E-state index contributed by atoms with van der Waals surface area (Å²) in [5.74, 6) is -1.89. The van der Waals surface area contributed by atoms with Crippen molar-refractivity contribution in [2.75, 3.05) is 18.6 Å². The number of aromatic amines is 1. The maximum atomic E-state index is 12.7. The number of H-pyrrole nitrogens is 1. The van der Waals surface area contributed by atoms with Crippen molar-refractivity contribution in [3.05, 3.63) is 18.2 Å². The van der Waals surface area contributed by atoms with Crippen LogP contribution in [0.2, 0.25) is 0 Å². The van der Waals surface area contributed by atoms with Gasteiger partial charge in [-0.05, 0) is 44.7 Å². The maximum absolute atomic E-state index is 12.7. The van der Waals surface area contributed by atoms with Crippen LogP contribution in [0.4, 0.5) is 0 Å². The summed E-state index contributed by atoms with van der Waals surface area (Å²) in [6, 6.07) is -3.25. The number of carbonyl (C=O) groups excluding carboxylic acids is 3. The zero-order valence-corrected chi connectivity index (χ0v) is 18.5. The SMILES string of the molecule is CSCCC(NC(=O)C1CCCN1)C(=O)NC(C)C(=O)NC(Cc1cnc[nH]1)C(=O)O. The number of rotatable bonds is 12. The molecule has 0 saturated carbocycles. The summed E-state index contributed by atoms with van der Waals surface area (Å²) < 4.78 is 0. The van der Waals surface area contributed by atoms with Crippen molar-refractivity contribution in [1.82, 2.24) is 31.2 Å². The third-order valence-electron chi connectivity index (χ3n) is 4.97. The lowest BCUT2D eigenvalue weighted by Crippen LogP contribution is -2.56. The fourth-order valence-corrected chi connectivity index (χ4v) is 3.65. The average molecular weight is 455 g/mol. The molecule has 0 spiro atoms. The zero-order valence-electron chi connectivity index (χ0n) is 17.6. The van der Waals surface area contributed by atoms with E-state index < -0.39 is 35.9 Å². The van der Waals surface area contributed by atoms with E-state index in [-0.39, 0.29) is 18.4 Å². The Labute approximate surface area is 184 Å². The molecule has 1 fully saturated rings. The first-order chi connectivity index (χ1) is 14.8. The second kappa shape index (κ2) is 12.3. The Morgan fingerprint density at radius 1 is 1.23 bits per heavy atom. The van der Waals surface area contributed by atoms with E-state index in [2.05, 4.69) is 31.2 Å². The average Bonchev–Trinajstić information content (AvgIpc) is 3.44. The van der Waals surface area contributed by atoms with Gasteiger partial charge in [-0.1, -0.05) is 0 Å². The molecule has 3 amide bonds. The molecule has 0 aliphatic carbocycles. The van der Waals surface area contributed by atoms with Gasteiger partial charge in [0.1, 0.15) is 18.1 Å². The highest BCUT2D eigenvalue weighted by Gasteiger charge is 2.29. The monoisotopic (exact) mass is 454 g/mol. The number of nitrogens with one attached hydrogen (secondary N) is 5. The van der Waals surface area contributed by atoms with Gasteiger partial charge in [0.05, 0.1) is 12.4 Å². The normalized spacial score (nSPS) is 18.6. The van der Waals surface area contributed by atoms with Gasteiger partial charge in [-0.3, -0.25) is 14.4 Å². The number of carbonyl (C=O) groups is 4. The summed E-state index contributed by atoms with van der Waals surface area (Å²) in [6.07, 6.45) is 6.86. The summed E-state index contributed by atoms with van der Waals surface area (Å²) in [4.78, 5) is 55.7. The molecule has 4 unspecified atom stereocenters. The lowest BCUT2D eigenvalue weighted by Gasteiger charge is -2.23. The van der Waals surface area contributed by atoms with E-state index in [1.807, 2.05) is 6.26 Å². The lowest BCUT2D eigenvalue weighted by atomic mass is 10.1. The van der Waals surface area contributed by atoms with Crippen LogP contribution in [-0.4, -0.2) is 81.5 Å². The molecule has 0 radical (unpaired) electrons. The summed E-state index contributed by atoms with van der Waals surface area (Å²) in [6.45, 7) is 2.23. The van der Waals surface area contributed by atoms with Crippen molar-refractivity contribution in [1.29, 1.82) is 0 Å². The van der Waals surface area contributed by atoms with E-state index in [0.29, 0.717) is 24.3 Å². The Morgan fingerprint density at radius 2 is 2.00 bits per heavy atom. The predicted molar refractivity (Wildman–Crippen MR) is 115 cm³/mol. The van der Waals surface area contributed by atoms with Gasteiger partial charge >= 0.3 is 5.97 Å². The van der Waals surface area contributed by atoms with Crippen LogP contribution in [0.5, 0.6) is 0 Å². The standard InChI is InChI=1S/C19H30N6O5S/c1-11(16(26)25-15(19(29)30)8-12-9-20-10-22-12)23-18(28)14(5-7-31-2)24-17(27)13-4-3-6-21-13/h9-11,13-15,21H,3-8H2,1-2H3,(H,20,22)(H,23,28)(H,24,27)(H,25,26)(H,29,30). The number of thioether (sulfide) groups is 1. The van der Waals surface area contributed by atoms with E-state index in [1.54, 1.807) is 11.8 Å². The molecule has 12 heteroatoms. The highest BCUT2D eigenvalue weighted by Crippen LogP contribution is 2.07. The molecule has 2 heterocycles. The van der Waals surface area contributed by atoms with E-state index in [9.17, 15) is 24.3 Å². The van der Waals surface area contributed by atoms with Gasteiger partial charge in [0.25, 0.3) is 0 Å². The number of aromatic nitrogens is 2. The Balaban J connectivity index is 1.92. The zero-order chi connectivity index (χ0) is 22.8. The highest BCUT2D eigenvalue weighted by atomic mass is 32.2. The molecule has 1 saturated heterocycles. The van der Waals surface area contributed by atoms with Gasteiger partial charge in [0.15, 0.2) is 0 Å². The van der Waals surface area contributed by atoms with Crippen molar-refractivity contribution < 1.29 is 24.3 Å². The van der Waals surface area contributed by atoms with Gasteiger partial charge in [-0.15, -0.1) is 0 Å². The fourth-order valence-electron chi connectivity index (χ4n) is 3.18. The Kier molecular flexibility index (Phi) is 9.79. The molecule has 0 aromatic carbocycles. The Morgan fingerprint density at radius 3 is 2.58 bits per heavy atom. The molecule has 172 valence electrons. The minimum atomic E-state index is -1.20. The van der Waals surface area contributed by atoms with E-state index in [0.717, 1.165) is 13.0 Å². The van der Waals surface area contributed by atoms with Gasteiger partial charge in [-0.25, -0.2) is 9.78 Å². The topological polar surface area (TPSA) is 165 Å². The molecule has 1 aliphatic heterocycles. The number of carboxylic acid groups (broad SMARTS) is 1. The number of nitrogens with zero attached hydrogens (tertiary/aromatic N) is 1. The lowest BCUT2D eigenvalue weighted by molar-refractivity contribution is -0.142. The molecule has 1 aliphatic rings. The molecule has 31 heavy (non-hydrogen) atoms. The summed E-state index contributed by atoms with van der Waals surface area (Å²) >= 11 is 1.55. The molecular formula is C19H30N6O5S. The van der Waals surface area contributed by atoms with Crippen LogP contribution in [0, 0.1) is 0 Å². The molecule has 11 nitrogen and oxygen atoms in total. The first kappa shape index (κ1) is 24.7. The smallest absolute Gasteiger partial charge is 0.326 e. The van der Waals surface area contributed by atoms with Crippen LogP contribution in [0.1, 0.15) is 31.9 Å². The first-order valence-corrected chi connectivity index (χ1v) is 11.5. The van der Waals surface area contributed by atoms with E-state index in [1.165, 1.54) is 19.4 Å². The largest absolute Gasteiger partial charge is 0.480 e. The third kappa shape index (κ3) is 7.87. The Bertz CT molecular complexity index is 753. The number of aliphatic carboxylic acids is 1. The summed E-state index contributed by atoms with van der Waals surface area (Å²) in [5, 5.41) is 20.2. The van der Waals surface area contributed by atoms with Crippen molar-refractivity contribution in [2.24, 2.45) is 0 Å². The van der Waals surface area contributed by atoms with E-state index >= 15 is 0 Å². The number of imidazole rings is 1. The Hall–Kier alpha value is -2.60. The van der Waals surface area contributed by atoms with Crippen LogP contribution < -0.4 is 21.3 Å². The predicted octanol–water partition coefficient (Wildman–Crippen LogP) is -0.984. The van der Waals surface area contributed by atoms with Crippen LogP contribution >= 0.6 is 11.8 Å². The number of carboxylic acids is 1. The summed E-state index contributed by atoms with van der Waals surface area (Å²) in [5.41, 5.74) is 0.560. The highest BCUT2D eigenvalue weighted by molar-refractivity contribution is 7.98. The van der Waals surface area contributed by atoms with Crippen LogP contribution in [0.3, 0.4) is 0 Å². The van der Waals surface area contributed by atoms with Crippen molar-refractivity contribution in [3.63, 3.8) is 0 Å². The first-order valence-electron chi connectivity index (χ1n) is 10.1. The molecular weight excluding hydrogens is 424 g/mol. The van der Waals surface area contributed by atoms with Crippen molar-refractivity contribution in [3.8, 4) is 0 Å². The maximum Gasteiger partial charge on any atom is 0.326 e. The van der Waals surface area contributed by atoms with Gasteiger partial charge < -0.3 is 31.4 Å². The van der Waals surface area contributed by atoms with E-state index in [4.69, 9.17) is 0 Å². The van der Waals surface area contributed by atoms with Gasteiger partial charge in [-0.2, -0.15) is 11.8 Å². The minimum Gasteiger partial charge on any atom is -0.480 e. The minimum absolute atomic E-state index is 0.0303. The quantitative estimate of drug-likeness (QED) is 0.234. The van der Waals surface area contributed by atoms with Crippen molar-refractivity contribution in [2.45, 2.75) is 56.8 Å². The van der Waals surface area contributed by atoms with Crippen LogP contribution in [0.25, 0.3) is 0 Å². The van der Waals surface area contributed by atoms with Crippen LogP contribution in [0.15, 0.2) is 12.5 Å². The number of hydrogen-bond acceptors (Lipinski definition) is 7. The molecule has 1 aromatic heterocycles. The second-order valence-electron chi connectivity index (χ2n) is 7.40. The fraction of sp³-hybridized carbons (Fsp3) is 0.632. The third-order valence-corrected chi connectivity index (χ3v) is 5.61. The molecule has 6 N–H and O–H groups in total. The van der Waals surface area contributed by atoms with Crippen LogP contribution in [-0.2, 0) is 25.6 Å². The molecule has 4 atom stereocenters. The number of hydrogen-bond donors (Lipinski definition) is 6.